The van der Waals surface area contributed by atoms with E-state index in [1.807, 2.05) is 11.8 Å². The first-order valence-corrected chi connectivity index (χ1v) is 11.5. The molecule has 0 atom stereocenters. The van der Waals surface area contributed by atoms with Gasteiger partial charge in [-0.1, -0.05) is 6.92 Å². The van der Waals surface area contributed by atoms with E-state index < -0.39 is 0 Å². The topological polar surface area (TPSA) is 80.3 Å². The second kappa shape index (κ2) is 8.61. The van der Waals surface area contributed by atoms with Gasteiger partial charge in [-0.15, -0.1) is 0 Å². The summed E-state index contributed by atoms with van der Waals surface area (Å²) in [6, 6.07) is 5.22. The van der Waals surface area contributed by atoms with Crippen molar-refractivity contribution in [1.82, 2.24) is 29.7 Å². The standard InChI is InChI=1S/C23H29FN6O2/c1-3-20-19-5-4-17(24)14-21(19)30(26-20)23-25-22(32-27-23)16-6-10-29(11-7-16)18-8-12-28(13-9-18)15(2)31/h4-5,14,16,18H,3,6-13H2,1-2H3. The molecule has 5 rings (SSSR count). The molecule has 2 saturated heterocycles. The molecule has 1 amide bonds. The maximum Gasteiger partial charge on any atom is 0.291 e. The van der Waals surface area contributed by atoms with Crippen LogP contribution in [0.25, 0.3) is 16.9 Å². The predicted molar refractivity (Wildman–Crippen MR) is 117 cm³/mol. The molecule has 3 aromatic rings. The Labute approximate surface area is 186 Å². The number of piperidine rings is 2. The first kappa shape index (κ1) is 21.1. The van der Waals surface area contributed by atoms with E-state index in [4.69, 9.17) is 4.52 Å². The van der Waals surface area contributed by atoms with E-state index in [-0.39, 0.29) is 17.6 Å². The average molecular weight is 441 g/mol. The minimum atomic E-state index is -0.313. The molecule has 1 aromatic carbocycles. The van der Waals surface area contributed by atoms with Gasteiger partial charge in [0.05, 0.1) is 11.2 Å². The zero-order valence-electron chi connectivity index (χ0n) is 18.6. The molecular formula is C23H29FN6O2. The van der Waals surface area contributed by atoms with E-state index in [1.54, 1.807) is 17.7 Å². The molecule has 0 N–H and O–H groups in total. The highest BCUT2D eigenvalue weighted by molar-refractivity contribution is 5.83. The summed E-state index contributed by atoms with van der Waals surface area (Å²) in [7, 11) is 0. The molecule has 0 saturated carbocycles. The van der Waals surface area contributed by atoms with Gasteiger partial charge in [0, 0.05) is 43.4 Å². The van der Waals surface area contributed by atoms with Crippen LogP contribution in [0.5, 0.6) is 0 Å². The normalized spacial score (nSPS) is 19.2. The Morgan fingerprint density at radius 3 is 2.59 bits per heavy atom. The molecule has 0 spiro atoms. The quantitative estimate of drug-likeness (QED) is 0.619. The lowest BCUT2D eigenvalue weighted by Crippen LogP contribution is -2.48. The molecule has 2 aromatic heterocycles. The van der Waals surface area contributed by atoms with Crippen molar-refractivity contribution < 1.29 is 13.7 Å². The third kappa shape index (κ3) is 3.90. The summed E-state index contributed by atoms with van der Waals surface area (Å²) in [5.74, 6) is 1.06. The number of aromatic nitrogens is 4. The average Bonchev–Trinajstić information content (AvgIpc) is 3.44. The van der Waals surface area contributed by atoms with Crippen molar-refractivity contribution in [3.63, 3.8) is 0 Å². The Hall–Kier alpha value is -2.81. The van der Waals surface area contributed by atoms with Gasteiger partial charge in [0.1, 0.15) is 5.82 Å². The van der Waals surface area contributed by atoms with Crippen LogP contribution in [0.4, 0.5) is 4.39 Å². The third-order valence-electron chi connectivity index (χ3n) is 6.98. The zero-order valence-corrected chi connectivity index (χ0v) is 18.6. The van der Waals surface area contributed by atoms with Gasteiger partial charge in [0.2, 0.25) is 11.8 Å². The van der Waals surface area contributed by atoms with Crippen LogP contribution in [0, 0.1) is 5.82 Å². The largest absolute Gasteiger partial charge is 0.343 e. The van der Waals surface area contributed by atoms with Gasteiger partial charge >= 0.3 is 0 Å². The van der Waals surface area contributed by atoms with Crippen LogP contribution in [0.15, 0.2) is 22.7 Å². The lowest BCUT2D eigenvalue weighted by Gasteiger charge is -2.41. The van der Waals surface area contributed by atoms with Gasteiger partial charge in [-0.2, -0.15) is 14.8 Å². The Bertz CT molecular complexity index is 1110. The fraction of sp³-hybridized carbons (Fsp3) is 0.565. The summed E-state index contributed by atoms with van der Waals surface area (Å²) >= 11 is 0. The van der Waals surface area contributed by atoms with Crippen LogP contribution < -0.4 is 0 Å². The van der Waals surface area contributed by atoms with Crippen molar-refractivity contribution in [3.05, 3.63) is 35.6 Å². The van der Waals surface area contributed by atoms with E-state index in [2.05, 4.69) is 20.1 Å². The van der Waals surface area contributed by atoms with Gasteiger partial charge in [0.15, 0.2) is 0 Å². The maximum atomic E-state index is 13.9. The number of hydrogen-bond acceptors (Lipinski definition) is 6. The SMILES string of the molecule is CCc1nn(-c2noc(C3CCN(C4CCN(C(C)=O)CC4)CC3)n2)c2cc(F)ccc12. The molecule has 9 heteroatoms. The molecular weight excluding hydrogens is 411 g/mol. The number of carbonyl (C=O) groups is 1. The number of amides is 1. The van der Waals surface area contributed by atoms with Gasteiger partial charge in [-0.3, -0.25) is 4.79 Å². The maximum absolute atomic E-state index is 13.9. The summed E-state index contributed by atoms with van der Waals surface area (Å²) < 4.78 is 21.1. The van der Waals surface area contributed by atoms with Crippen molar-refractivity contribution in [2.24, 2.45) is 0 Å². The fourth-order valence-corrected chi connectivity index (χ4v) is 5.10. The molecule has 0 bridgehead atoms. The van der Waals surface area contributed by atoms with Crippen LogP contribution in [-0.4, -0.2) is 67.8 Å². The molecule has 8 nitrogen and oxygen atoms in total. The van der Waals surface area contributed by atoms with Gasteiger partial charge < -0.3 is 14.3 Å². The first-order valence-electron chi connectivity index (χ1n) is 11.5. The number of halogens is 1. The van der Waals surface area contributed by atoms with E-state index in [0.717, 1.165) is 69.4 Å². The van der Waals surface area contributed by atoms with Crippen molar-refractivity contribution >= 4 is 16.8 Å². The van der Waals surface area contributed by atoms with E-state index in [9.17, 15) is 9.18 Å². The highest BCUT2D eigenvalue weighted by Gasteiger charge is 2.31. The van der Waals surface area contributed by atoms with Gasteiger partial charge in [-0.25, -0.2) is 4.39 Å². The molecule has 0 aliphatic carbocycles. The van der Waals surface area contributed by atoms with Crippen LogP contribution in [0.2, 0.25) is 0 Å². The number of aryl methyl sites for hydroxylation is 1. The highest BCUT2D eigenvalue weighted by atomic mass is 19.1. The number of likely N-dealkylation sites (tertiary alicyclic amines) is 2. The number of rotatable bonds is 4. The van der Waals surface area contributed by atoms with E-state index >= 15 is 0 Å². The van der Waals surface area contributed by atoms with Crippen molar-refractivity contribution in [2.45, 2.75) is 57.9 Å². The van der Waals surface area contributed by atoms with Crippen LogP contribution in [0.1, 0.15) is 57.0 Å². The first-order chi connectivity index (χ1) is 15.5. The molecule has 32 heavy (non-hydrogen) atoms. The lowest BCUT2D eigenvalue weighted by atomic mass is 9.93. The molecule has 170 valence electrons. The van der Waals surface area contributed by atoms with Crippen LogP contribution in [0.3, 0.4) is 0 Å². The second-order valence-electron chi connectivity index (χ2n) is 8.85. The molecule has 4 heterocycles. The molecule has 0 radical (unpaired) electrons. The molecule has 2 aliphatic heterocycles. The van der Waals surface area contributed by atoms with E-state index in [0.29, 0.717) is 23.4 Å². The van der Waals surface area contributed by atoms with Crippen LogP contribution >= 0.6 is 0 Å². The summed E-state index contributed by atoms with van der Waals surface area (Å²) in [4.78, 5) is 20.7. The van der Waals surface area contributed by atoms with Crippen molar-refractivity contribution in [2.75, 3.05) is 26.2 Å². The highest BCUT2D eigenvalue weighted by Crippen LogP contribution is 2.31. The number of carbonyl (C=O) groups excluding carboxylic acids is 1. The van der Waals surface area contributed by atoms with Gasteiger partial charge in [0.25, 0.3) is 5.95 Å². The third-order valence-corrected chi connectivity index (χ3v) is 6.98. The Morgan fingerprint density at radius 1 is 1.16 bits per heavy atom. The Balaban J connectivity index is 1.26. The second-order valence-corrected chi connectivity index (χ2v) is 8.85. The summed E-state index contributed by atoms with van der Waals surface area (Å²) in [5.41, 5.74) is 1.54. The van der Waals surface area contributed by atoms with Crippen molar-refractivity contribution in [3.8, 4) is 5.95 Å². The van der Waals surface area contributed by atoms with E-state index in [1.165, 1.54) is 12.1 Å². The zero-order chi connectivity index (χ0) is 22.2. The minimum absolute atomic E-state index is 0.174. The van der Waals surface area contributed by atoms with Crippen LogP contribution in [-0.2, 0) is 11.2 Å². The Kier molecular flexibility index (Phi) is 5.67. The molecule has 2 fully saturated rings. The van der Waals surface area contributed by atoms with Gasteiger partial charge in [-0.05, 0) is 62.5 Å². The lowest BCUT2D eigenvalue weighted by molar-refractivity contribution is -0.130. The number of benzene rings is 1. The summed E-state index contributed by atoms with van der Waals surface area (Å²) in [6.45, 7) is 7.35. The monoisotopic (exact) mass is 440 g/mol. The molecule has 2 aliphatic rings. The summed E-state index contributed by atoms with van der Waals surface area (Å²) in [6.07, 6.45) is 4.74. The Morgan fingerprint density at radius 2 is 1.91 bits per heavy atom. The predicted octanol–water partition coefficient (Wildman–Crippen LogP) is 3.30. The molecule has 0 unspecified atom stereocenters. The fourth-order valence-electron chi connectivity index (χ4n) is 5.10. The number of hydrogen-bond donors (Lipinski definition) is 0. The minimum Gasteiger partial charge on any atom is -0.343 e. The summed E-state index contributed by atoms with van der Waals surface area (Å²) in [5, 5.41) is 9.67. The smallest absolute Gasteiger partial charge is 0.291 e. The number of fused-ring (bicyclic) bond motifs is 1. The van der Waals surface area contributed by atoms with Crippen molar-refractivity contribution in [1.29, 1.82) is 0 Å². The number of nitrogens with zero attached hydrogens (tertiary/aromatic N) is 6.